The van der Waals surface area contributed by atoms with Crippen molar-refractivity contribution >= 4 is 34.2 Å². The molecule has 1 amide bonds. The maximum atomic E-state index is 13.3. The molecule has 0 atom stereocenters. The number of aryl methyl sites for hydroxylation is 2. The van der Waals surface area contributed by atoms with Crippen LogP contribution in [-0.4, -0.2) is 21.0 Å². The molecule has 0 bridgehead atoms. The topological polar surface area (TPSA) is 58.5 Å². The molecule has 2 aromatic carbocycles. The summed E-state index contributed by atoms with van der Waals surface area (Å²) in [5.41, 5.74) is 4.93. The maximum Gasteiger partial charge on any atom is 0.284 e. The number of aliphatic imine (C=N–C) groups is 1. The van der Waals surface area contributed by atoms with Crippen LogP contribution in [-0.2, 0) is 5.75 Å². The molecule has 4 rings (SSSR count). The van der Waals surface area contributed by atoms with Gasteiger partial charge in [-0.25, -0.2) is 9.98 Å². The molecule has 1 aliphatic heterocycles. The zero-order chi connectivity index (χ0) is 18.8. The lowest BCUT2D eigenvalue weighted by molar-refractivity contribution is 0.0997. The van der Waals surface area contributed by atoms with Crippen LogP contribution < -0.4 is 4.90 Å². The van der Waals surface area contributed by atoms with Gasteiger partial charge in [0, 0.05) is 11.9 Å². The Morgan fingerprint density at radius 2 is 1.81 bits per heavy atom. The number of fused-ring (bicyclic) bond motifs is 1. The number of anilines is 1. The van der Waals surface area contributed by atoms with E-state index in [1.165, 1.54) is 6.20 Å². The molecule has 27 heavy (non-hydrogen) atoms. The van der Waals surface area contributed by atoms with Crippen molar-refractivity contribution in [2.45, 2.75) is 19.6 Å². The predicted octanol–water partition coefficient (Wildman–Crippen LogP) is 4.67. The van der Waals surface area contributed by atoms with Gasteiger partial charge in [-0.1, -0.05) is 48.2 Å². The minimum atomic E-state index is -0.227. The Balaban J connectivity index is 1.82. The highest BCUT2D eigenvalue weighted by Crippen LogP contribution is 2.36. The molecule has 0 N–H and O–H groups in total. The average Bonchev–Trinajstić information content (AvgIpc) is 2.69. The Hall–Kier alpha value is -2.99. The number of aromatic nitrogens is 2. The first-order valence-electron chi connectivity index (χ1n) is 8.61. The summed E-state index contributed by atoms with van der Waals surface area (Å²) in [7, 11) is 0. The largest absolute Gasteiger partial charge is 0.284 e. The Morgan fingerprint density at radius 1 is 1.04 bits per heavy atom. The second-order valence-electron chi connectivity index (χ2n) is 6.28. The second kappa shape index (κ2) is 7.32. The van der Waals surface area contributed by atoms with Crippen LogP contribution in [0.15, 0.2) is 65.9 Å². The van der Waals surface area contributed by atoms with Gasteiger partial charge in [-0.05, 0) is 37.1 Å². The van der Waals surface area contributed by atoms with Gasteiger partial charge in [0.05, 0.1) is 23.3 Å². The fourth-order valence-corrected chi connectivity index (χ4v) is 3.85. The standard InChI is InChI=1S/C21H18N4OS/c1-14-7-3-5-9-17(14)24-21-25(19-10-6-4-8-16(19)13-27-21)20(26)18-12-22-15(2)11-23-18/h3-12H,13H2,1-2H3. The summed E-state index contributed by atoms with van der Waals surface area (Å²) in [6.07, 6.45) is 3.12. The third-order valence-electron chi connectivity index (χ3n) is 4.32. The monoisotopic (exact) mass is 374 g/mol. The maximum absolute atomic E-state index is 13.3. The minimum absolute atomic E-state index is 0.227. The van der Waals surface area contributed by atoms with Crippen molar-refractivity contribution in [2.24, 2.45) is 4.99 Å². The van der Waals surface area contributed by atoms with E-state index in [0.29, 0.717) is 10.9 Å². The highest BCUT2D eigenvalue weighted by molar-refractivity contribution is 8.13. The van der Waals surface area contributed by atoms with Gasteiger partial charge in [-0.3, -0.25) is 14.7 Å². The summed E-state index contributed by atoms with van der Waals surface area (Å²) in [6, 6.07) is 15.8. The fourth-order valence-electron chi connectivity index (χ4n) is 2.85. The van der Waals surface area contributed by atoms with Gasteiger partial charge >= 0.3 is 0 Å². The van der Waals surface area contributed by atoms with Crippen LogP contribution in [0.5, 0.6) is 0 Å². The number of rotatable bonds is 2. The molecule has 134 valence electrons. The van der Waals surface area contributed by atoms with Crippen molar-refractivity contribution in [1.29, 1.82) is 0 Å². The summed E-state index contributed by atoms with van der Waals surface area (Å²) in [4.78, 5) is 28.2. The molecule has 0 aliphatic carbocycles. The van der Waals surface area contributed by atoms with E-state index in [0.717, 1.165) is 33.9 Å². The van der Waals surface area contributed by atoms with Crippen molar-refractivity contribution in [3.8, 4) is 0 Å². The number of carbonyl (C=O) groups is 1. The Labute approximate surface area is 162 Å². The molecule has 0 unspecified atom stereocenters. The van der Waals surface area contributed by atoms with E-state index in [2.05, 4.69) is 9.97 Å². The third-order valence-corrected chi connectivity index (χ3v) is 5.30. The zero-order valence-corrected chi connectivity index (χ0v) is 15.9. The molecular weight excluding hydrogens is 356 g/mol. The number of benzene rings is 2. The summed E-state index contributed by atoms with van der Waals surface area (Å²) in [5.74, 6) is 0.541. The lowest BCUT2D eigenvalue weighted by atomic mass is 10.1. The third kappa shape index (κ3) is 3.48. The summed E-state index contributed by atoms with van der Waals surface area (Å²) >= 11 is 1.55. The van der Waals surface area contributed by atoms with Gasteiger partial charge in [-0.15, -0.1) is 0 Å². The van der Waals surface area contributed by atoms with Crippen molar-refractivity contribution in [3.05, 3.63) is 83.4 Å². The first-order chi connectivity index (χ1) is 13.1. The lowest BCUT2D eigenvalue weighted by Crippen LogP contribution is -2.38. The number of thioether (sulfide) groups is 1. The quantitative estimate of drug-likeness (QED) is 0.654. The molecule has 0 radical (unpaired) electrons. The molecular formula is C21H18N4OS. The molecule has 2 heterocycles. The number of hydrogen-bond acceptors (Lipinski definition) is 5. The van der Waals surface area contributed by atoms with Crippen molar-refractivity contribution in [2.75, 3.05) is 4.90 Å². The van der Waals surface area contributed by atoms with Gasteiger partial charge in [0.15, 0.2) is 5.17 Å². The van der Waals surface area contributed by atoms with Gasteiger partial charge in [-0.2, -0.15) is 0 Å². The van der Waals surface area contributed by atoms with Gasteiger partial charge in [0.2, 0.25) is 0 Å². The minimum Gasteiger partial charge on any atom is -0.266 e. The fraction of sp³-hybridized carbons (Fsp3) is 0.143. The highest BCUT2D eigenvalue weighted by atomic mass is 32.2. The number of carbonyl (C=O) groups excluding carboxylic acids is 1. The molecule has 0 saturated heterocycles. The van der Waals surface area contributed by atoms with E-state index < -0.39 is 0 Å². The van der Waals surface area contributed by atoms with Crippen LogP contribution in [0.3, 0.4) is 0 Å². The number of para-hydroxylation sites is 2. The van der Waals surface area contributed by atoms with Gasteiger partial charge in [0.1, 0.15) is 5.69 Å². The Morgan fingerprint density at radius 3 is 2.59 bits per heavy atom. The van der Waals surface area contributed by atoms with Gasteiger partial charge in [0.25, 0.3) is 5.91 Å². The number of nitrogens with zero attached hydrogens (tertiary/aromatic N) is 4. The molecule has 1 aliphatic rings. The van der Waals surface area contributed by atoms with Crippen LogP contribution in [0.2, 0.25) is 0 Å². The van der Waals surface area contributed by atoms with Crippen LogP contribution in [0.4, 0.5) is 11.4 Å². The van der Waals surface area contributed by atoms with Crippen molar-refractivity contribution < 1.29 is 4.79 Å². The first kappa shape index (κ1) is 17.4. The molecule has 0 saturated carbocycles. The Kier molecular flexibility index (Phi) is 4.73. The van der Waals surface area contributed by atoms with E-state index in [-0.39, 0.29) is 5.91 Å². The lowest BCUT2D eigenvalue weighted by Gasteiger charge is -2.29. The van der Waals surface area contributed by atoms with E-state index in [1.807, 2.05) is 62.4 Å². The summed E-state index contributed by atoms with van der Waals surface area (Å²) in [5, 5.41) is 0.648. The van der Waals surface area contributed by atoms with Crippen molar-refractivity contribution in [1.82, 2.24) is 9.97 Å². The van der Waals surface area contributed by atoms with Crippen LogP contribution in [0, 0.1) is 13.8 Å². The van der Waals surface area contributed by atoms with E-state index in [1.54, 1.807) is 22.9 Å². The van der Waals surface area contributed by atoms with E-state index >= 15 is 0 Å². The highest BCUT2D eigenvalue weighted by Gasteiger charge is 2.30. The molecule has 3 aromatic rings. The Bertz CT molecular complexity index is 1030. The molecule has 0 spiro atoms. The van der Waals surface area contributed by atoms with Crippen LogP contribution in [0.1, 0.15) is 27.3 Å². The average molecular weight is 374 g/mol. The van der Waals surface area contributed by atoms with E-state index in [9.17, 15) is 4.79 Å². The summed E-state index contributed by atoms with van der Waals surface area (Å²) < 4.78 is 0. The second-order valence-corrected chi connectivity index (χ2v) is 7.22. The van der Waals surface area contributed by atoms with Crippen molar-refractivity contribution in [3.63, 3.8) is 0 Å². The van der Waals surface area contributed by atoms with Gasteiger partial charge < -0.3 is 0 Å². The number of amidine groups is 1. The van der Waals surface area contributed by atoms with Crippen LogP contribution in [0.25, 0.3) is 0 Å². The number of hydrogen-bond donors (Lipinski definition) is 0. The van der Waals surface area contributed by atoms with E-state index in [4.69, 9.17) is 4.99 Å². The van der Waals surface area contributed by atoms with Crippen LogP contribution >= 0.6 is 11.8 Å². The predicted molar refractivity (Wildman–Crippen MR) is 110 cm³/mol. The first-order valence-corrected chi connectivity index (χ1v) is 9.60. The molecule has 6 heteroatoms. The summed E-state index contributed by atoms with van der Waals surface area (Å²) in [6.45, 7) is 3.86. The zero-order valence-electron chi connectivity index (χ0n) is 15.1. The normalized spacial score (nSPS) is 14.9. The smallest absolute Gasteiger partial charge is 0.266 e. The number of amides is 1. The molecule has 1 aromatic heterocycles. The molecule has 0 fully saturated rings. The SMILES string of the molecule is Cc1cnc(C(=O)N2C(=Nc3ccccc3C)SCc3ccccc32)cn1. The molecule has 5 nitrogen and oxygen atoms in total.